The molecule has 6 heteroatoms. The van der Waals surface area contributed by atoms with Gasteiger partial charge in [-0.25, -0.2) is 0 Å². The van der Waals surface area contributed by atoms with Crippen molar-refractivity contribution in [1.82, 2.24) is 10.6 Å². The number of carbonyl (C=O) groups excluding carboxylic acids is 1. The number of benzene rings is 1. The zero-order valence-electron chi connectivity index (χ0n) is 10.4. The van der Waals surface area contributed by atoms with Gasteiger partial charge in [-0.15, -0.1) is 12.4 Å². The normalized spacial score (nSPS) is 19.6. The second-order valence-electron chi connectivity index (χ2n) is 4.46. The first-order valence-corrected chi connectivity index (χ1v) is 6.49. The molecule has 3 N–H and O–H groups in total. The van der Waals surface area contributed by atoms with E-state index < -0.39 is 6.10 Å². The number of rotatable bonds is 4. The van der Waals surface area contributed by atoms with E-state index in [-0.39, 0.29) is 30.9 Å². The standard InChI is InChI=1S/C13H17ClN2O2.ClH/c14-10-5-3-9(4-6-10)12(17)8-16-13(18)11-2-1-7-15-11;/h3-6,11-12,15,17H,1-2,7-8H2,(H,16,18);1H. The molecule has 1 aromatic rings. The van der Waals surface area contributed by atoms with E-state index in [0.717, 1.165) is 24.9 Å². The topological polar surface area (TPSA) is 61.4 Å². The molecule has 0 saturated carbocycles. The third-order valence-corrected chi connectivity index (χ3v) is 3.35. The lowest BCUT2D eigenvalue weighted by molar-refractivity contribution is -0.123. The summed E-state index contributed by atoms with van der Waals surface area (Å²) in [6.07, 6.45) is 1.19. The van der Waals surface area contributed by atoms with E-state index in [1.807, 2.05) is 0 Å². The van der Waals surface area contributed by atoms with E-state index in [4.69, 9.17) is 11.6 Å². The third-order valence-electron chi connectivity index (χ3n) is 3.10. The zero-order chi connectivity index (χ0) is 13.0. The quantitative estimate of drug-likeness (QED) is 0.793. The van der Waals surface area contributed by atoms with E-state index in [1.165, 1.54) is 0 Å². The maximum absolute atomic E-state index is 11.7. The monoisotopic (exact) mass is 304 g/mol. The number of carbonyl (C=O) groups is 1. The van der Waals surface area contributed by atoms with Crippen molar-refractivity contribution in [3.63, 3.8) is 0 Å². The van der Waals surface area contributed by atoms with Crippen LogP contribution in [-0.4, -0.2) is 30.1 Å². The first kappa shape index (κ1) is 16.2. The Labute approximate surface area is 123 Å². The zero-order valence-corrected chi connectivity index (χ0v) is 12.0. The van der Waals surface area contributed by atoms with E-state index in [1.54, 1.807) is 24.3 Å². The van der Waals surface area contributed by atoms with Crippen LogP contribution in [0.15, 0.2) is 24.3 Å². The van der Waals surface area contributed by atoms with Gasteiger partial charge in [0.1, 0.15) is 0 Å². The Morgan fingerprint density at radius 1 is 1.47 bits per heavy atom. The molecule has 19 heavy (non-hydrogen) atoms. The molecule has 0 radical (unpaired) electrons. The molecule has 4 nitrogen and oxygen atoms in total. The van der Waals surface area contributed by atoms with Gasteiger partial charge in [0.25, 0.3) is 0 Å². The fourth-order valence-corrected chi connectivity index (χ4v) is 2.16. The van der Waals surface area contributed by atoms with Gasteiger partial charge in [-0.05, 0) is 37.1 Å². The van der Waals surface area contributed by atoms with E-state index in [0.29, 0.717) is 5.02 Å². The summed E-state index contributed by atoms with van der Waals surface area (Å²) >= 11 is 5.77. The molecule has 0 bridgehead atoms. The number of hydrogen-bond acceptors (Lipinski definition) is 3. The third kappa shape index (κ3) is 4.66. The Kier molecular flexibility index (Phi) is 6.58. The van der Waals surface area contributed by atoms with Gasteiger partial charge in [0.15, 0.2) is 0 Å². The lowest BCUT2D eigenvalue weighted by atomic mass is 10.1. The molecule has 0 aromatic heterocycles. The van der Waals surface area contributed by atoms with Gasteiger partial charge in [-0.2, -0.15) is 0 Å². The van der Waals surface area contributed by atoms with Crippen LogP contribution < -0.4 is 10.6 Å². The van der Waals surface area contributed by atoms with E-state index in [2.05, 4.69) is 10.6 Å². The number of aliphatic hydroxyl groups excluding tert-OH is 1. The summed E-state index contributed by atoms with van der Waals surface area (Å²) in [5.41, 5.74) is 0.749. The highest BCUT2D eigenvalue weighted by Gasteiger charge is 2.22. The number of amides is 1. The van der Waals surface area contributed by atoms with E-state index in [9.17, 15) is 9.90 Å². The Morgan fingerprint density at radius 3 is 2.74 bits per heavy atom. The smallest absolute Gasteiger partial charge is 0.237 e. The lowest BCUT2D eigenvalue weighted by Gasteiger charge is -2.15. The molecule has 2 unspecified atom stereocenters. The summed E-state index contributed by atoms with van der Waals surface area (Å²) in [6.45, 7) is 1.11. The predicted molar refractivity (Wildman–Crippen MR) is 77.7 cm³/mol. The molecular weight excluding hydrogens is 287 g/mol. The minimum atomic E-state index is -0.701. The molecule has 1 heterocycles. The Hall–Kier alpha value is -0.810. The number of aliphatic hydroxyl groups is 1. The van der Waals surface area contributed by atoms with Crippen molar-refractivity contribution in [2.75, 3.05) is 13.1 Å². The summed E-state index contributed by atoms with van der Waals surface area (Å²) in [5.74, 6) is -0.0412. The van der Waals surface area contributed by atoms with Gasteiger partial charge in [0.2, 0.25) is 5.91 Å². The highest BCUT2D eigenvalue weighted by molar-refractivity contribution is 6.30. The molecule has 2 rings (SSSR count). The fourth-order valence-electron chi connectivity index (χ4n) is 2.03. The van der Waals surface area contributed by atoms with Gasteiger partial charge in [-0.3, -0.25) is 4.79 Å². The van der Waals surface area contributed by atoms with Gasteiger partial charge in [0, 0.05) is 11.6 Å². The summed E-state index contributed by atoms with van der Waals surface area (Å²) in [4.78, 5) is 11.7. The molecule has 1 fully saturated rings. The molecule has 0 aliphatic carbocycles. The van der Waals surface area contributed by atoms with Crippen LogP contribution in [0.2, 0.25) is 5.02 Å². The molecule has 2 atom stereocenters. The SMILES string of the molecule is Cl.O=C(NCC(O)c1ccc(Cl)cc1)C1CCCN1. The molecule has 1 aliphatic heterocycles. The van der Waals surface area contributed by atoms with Crippen molar-refractivity contribution in [2.24, 2.45) is 0 Å². The average Bonchev–Trinajstić information content (AvgIpc) is 2.90. The summed E-state index contributed by atoms with van der Waals surface area (Å²) in [5, 5.41) is 16.4. The van der Waals surface area contributed by atoms with Gasteiger partial charge in [-0.1, -0.05) is 23.7 Å². The van der Waals surface area contributed by atoms with Crippen LogP contribution in [0.4, 0.5) is 0 Å². The molecule has 1 amide bonds. The van der Waals surface area contributed by atoms with Crippen molar-refractivity contribution < 1.29 is 9.90 Å². The van der Waals surface area contributed by atoms with Gasteiger partial charge < -0.3 is 15.7 Å². The van der Waals surface area contributed by atoms with Crippen molar-refractivity contribution in [1.29, 1.82) is 0 Å². The molecular formula is C13H18Cl2N2O2. The molecule has 1 saturated heterocycles. The van der Waals surface area contributed by atoms with Crippen molar-refractivity contribution in [3.8, 4) is 0 Å². The van der Waals surface area contributed by atoms with Crippen molar-refractivity contribution in [3.05, 3.63) is 34.9 Å². The maximum Gasteiger partial charge on any atom is 0.237 e. The highest BCUT2D eigenvalue weighted by atomic mass is 35.5. The first-order chi connectivity index (χ1) is 8.66. The minimum absolute atomic E-state index is 0. The average molecular weight is 305 g/mol. The summed E-state index contributed by atoms with van der Waals surface area (Å²) < 4.78 is 0. The Morgan fingerprint density at radius 2 is 2.16 bits per heavy atom. The van der Waals surface area contributed by atoms with E-state index >= 15 is 0 Å². The lowest BCUT2D eigenvalue weighted by Crippen LogP contribution is -2.41. The number of halogens is 2. The van der Waals surface area contributed by atoms with Crippen LogP contribution >= 0.6 is 24.0 Å². The Balaban J connectivity index is 0.00000180. The summed E-state index contributed by atoms with van der Waals surface area (Å²) in [6, 6.07) is 6.85. The van der Waals surface area contributed by atoms with Crippen LogP contribution in [0.5, 0.6) is 0 Å². The van der Waals surface area contributed by atoms with Gasteiger partial charge >= 0.3 is 0 Å². The van der Waals surface area contributed by atoms with Crippen LogP contribution in [0.25, 0.3) is 0 Å². The molecule has 0 spiro atoms. The fraction of sp³-hybridized carbons (Fsp3) is 0.462. The molecule has 1 aliphatic rings. The predicted octanol–water partition coefficient (Wildman–Crippen LogP) is 1.66. The second kappa shape index (κ2) is 7.70. The number of hydrogen-bond donors (Lipinski definition) is 3. The highest BCUT2D eigenvalue weighted by Crippen LogP contribution is 2.15. The maximum atomic E-state index is 11.7. The molecule has 106 valence electrons. The second-order valence-corrected chi connectivity index (χ2v) is 4.90. The van der Waals surface area contributed by atoms with Crippen LogP contribution in [0.1, 0.15) is 24.5 Å². The summed E-state index contributed by atoms with van der Waals surface area (Å²) in [7, 11) is 0. The van der Waals surface area contributed by atoms with Crippen LogP contribution in [0, 0.1) is 0 Å². The number of nitrogens with one attached hydrogen (secondary N) is 2. The van der Waals surface area contributed by atoms with Crippen LogP contribution in [0.3, 0.4) is 0 Å². The van der Waals surface area contributed by atoms with Crippen molar-refractivity contribution >= 4 is 29.9 Å². The first-order valence-electron chi connectivity index (χ1n) is 6.11. The van der Waals surface area contributed by atoms with Gasteiger partial charge in [0.05, 0.1) is 12.1 Å². The largest absolute Gasteiger partial charge is 0.387 e. The minimum Gasteiger partial charge on any atom is -0.387 e. The van der Waals surface area contributed by atoms with Crippen molar-refractivity contribution in [2.45, 2.75) is 25.0 Å². The van der Waals surface area contributed by atoms with Crippen LogP contribution in [-0.2, 0) is 4.79 Å². The Bertz CT molecular complexity index is 406. The molecule has 1 aromatic carbocycles.